The molecule has 17 heavy (non-hydrogen) atoms. The molecule has 0 atom stereocenters. The van der Waals surface area contributed by atoms with E-state index < -0.39 is 0 Å². The van der Waals surface area contributed by atoms with Crippen LogP contribution in [0.2, 0.25) is 0 Å². The molecule has 0 unspecified atom stereocenters. The molecule has 0 saturated heterocycles. The number of fused-ring (bicyclic) bond motifs is 1. The maximum absolute atomic E-state index is 12.1. The number of amides is 1. The molecule has 0 bridgehead atoms. The van der Waals surface area contributed by atoms with Crippen LogP contribution in [0.1, 0.15) is 31.3 Å². The van der Waals surface area contributed by atoms with Crippen molar-refractivity contribution in [3.8, 4) is 0 Å². The molecule has 1 aromatic carbocycles. The maximum atomic E-state index is 12.1. The fourth-order valence-corrected chi connectivity index (χ4v) is 1.70. The number of pyridine rings is 1. The van der Waals surface area contributed by atoms with Gasteiger partial charge < -0.3 is 5.32 Å². The molecule has 3 nitrogen and oxygen atoms in total. The number of benzene rings is 1. The van der Waals surface area contributed by atoms with Crippen molar-refractivity contribution >= 4 is 16.7 Å². The second kappa shape index (κ2) is 4.17. The Kier molecular flexibility index (Phi) is 2.84. The van der Waals surface area contributed by atoms with E-state index in [2.05, 4.69) is 10.3 Å². The lowest BCUT2D eigenvalue weighted by molar-refractivity contribution is 0.0916. The van der Waals surface area contributed by atoms with E-state index in [0.717, 1.165) is 10.8 Å². The summed E-state index contributed by atoms with van der Waals surface area (Å²) in [5.74, 6) is -0.130. The largest absolute Gasteiger partial charge is 0.346 e. The topological polar surface area (TPSA) is 42.0 Å². The Labute approximate surface area is 101 Å². The molecule has 0 aliphatic rings. The van der Waals surface area contributed by atoms with Crippen LogP contribution in [0, 0.1) is 0 Å². The number of rotatable bonds is 1. The highest BCUT2D eigenvalue weighted by Crippen LogP contribution is 2.16. The first kappa shape index (κ1) is 11.6. The summed E-state index contributed by atoms with van der Waals surface area (Å²) in [6.45, 7) is 5.86. The minimum atomic E-state index is -0.254. The van der Waals surface area contributed by atoms with Gasteiger partial charge in [0, 0.05) is 17.1 Å². The van der Waals surface area contributed by atoms with Gasteiger partial charge in [0.15, 0.2) is 0 Å². The minimum Gasteiger partial charge on any atom is -0.346 e. The molecule has 0 fully saturated rings. The van der Waals surface area contributed by atoms with Crippen LogP contribution in [0.5, 0.6) is 0 Å². The summed E-state index contributed by atoms with van der Waals surface area (Å²) in [5, 5.41) is 4.84. The highest BCUT2D eigenvalue weighted by molar-refractivity contribution is 6.05. The van der Waals surface area contributed by atoms with Crippen molar-refractivity contribution in [1.82, 2.24) is 10.3 Å². The fourth-order valence-electron chi connectivity index (χ4n) is 1.70. The smallest absolute Gasteiger partial charge is 0.270 e. The van der Waals surface area contributed by atoms with Gasteiger partial charge in [0.05, 0.1) is 0 Å². The van der Waals surface area contributed by atoms with Crippen LogP contribution in [-0.2, 0) is 0 Å². The summed E-state index contributed by atoms with van der Waals surface area (Å²) in [6, 6.07) is 9.67. The lowest BCUT2D eigenvalue weighted by Gasteiger charge is -2.20. The Morgan fingerprint density at radius 2 is 1.88 bits per heavy atom. The standard InChI is InChI=1S/C14H16N2O/c1-14(2,3)16-13(17)12-11-7-5-4-6-10(11)8-9-15-12/h4-9H,1-3H3,(H,16,17). The van der Waals surface area contributed by atoms with Gasteiger partial charge in [-0.2, -0.15) is 0 Å². The number of aromatic nitrogens is 1. The summed E-state index contributed by atoms with van der Waals surface area (Å²) in [6.07, 6.45) is 1.67. The minimum absolute atomic E-state index is 0.130. The number of nitrogens with one attached hydrogen (secondary N) is 1. The predicted octanol–water partition coefficient (Wildman–Crippen LogP) is 2.76. The Balaban J connectivity index is 2.45. The molecule has 2 aromatic rings. The van der Waals surface area contributed by atoms with Gasteiger partial charge in [0.1, 0.15) is 5.69 Å². The van der Waals surface area contributed by atoms with E-state index in [1.54, 1.807) is 6.20 Å². The van der Waals surface area contributed by atoms with Crippen LogP contribution in [0.4, 0.5) is 0 Å². The molecule has 1 N–H and O–H groups in total. The number of hydrogen-bond acceptors (Lipinski definition) is 2. The van der Waals surface area contributed by atoms with Crippen LogP contribution in [-0.4, -0.2) is 16.4 Å². The van der Waals surface area contributed by atoms with Crippen LogP contribution < -0.4 is 5.32 Å². The predicted molar refractivity (Wildman–Crippen MR) is 69.0 cm³/mol. The van der Waals surface area contributed by atoms with Crippen molar-refractivity contribution in [1.29, 1.82) is 0 Å². The first-order valence-electron chi connectivity index (χ1n) is 5.64. The van der Waals surface area contributed by atoms with Crippen molar-refractivity contribution in [3.63, 3.8) is 0 Å². The van der Waals surface area contributed by atoms with Crippen molar-refractivity contribution in [2.75, 3.05) is 0 Å². The maximum Gasteiger partial charge on any atom is 0.270 e. The number of carbonyl (C=O) groups excluding carboxylic acids is 1. The van der Waals surface area contributed by atoms with Crippen molar-refractivity contribution < 1.29 is 4.79 Å². The zero-order valence-electron chi connectivity index (χ0n) is 10.3. The van der Waals surface area contributed by atoms with E-state index in [-0.39, 0.29) is 11.4 Å². The van der Waals surface area contributed by atoms with E-state index in [1.165, 1.54) is 0 Å². The Morgan fingerprint density at radius 3 is 2.59 bits per heavy atom. The highest BCUT2D eigenvalue weighted by atomic mass is 16.2. The number of carbonyl (C=O) groups is 1. The second-order valence-corrected chi connectivity index (χ2v) is 5.08. The van der Waals surface area contributed by atoms with E-state index in [0.29, 0.717) is 5.69 Å². The monoisotopic (exact) mass is 228 g/mol. The SMILES string of the molecule is CC(C)(C)NC(=O)c1nccc2ccccc12. The highest BCUT2D eigenvalue weighted by Gasteiger charge is 2.17. The molecule has 2 rings (SSSR count). The van der Waals surface area contributed by atoms with E-state index in [9.17, 15) is 4.79 Å². The molecule has 0 radical (unpaired) electrons. The Hall–Kier alpha value is -1.90. The Bertz CT molecular complexity index is 550. The molecule has 0 aliphatic carbocycles. The summed E-state index contributed by atoms with van der Waals surface area (Å²) < 4.78 is 0. The summed E-state index contributed by atoms with van der Waals surface area (Å²) >= 11 is 0. The van der Waals surface area contributed by atoms with Crippen LogP contribution in [0.3, 0.4) is 0 Å². The van der Waals surface area contributed by atoms with Gasteiger partial charge in [-0.1, -0.05) is 24.3 Å². The molecule has 88 valence electrons. The third-order valence-corrected chi connectivity index (χ3v) is 2.38. The van der Waals surface area contributed by atoms with Gasteiger partial charge in [-0.15, -0.1) is 0 Å². The molecule has 1 heterocycles. The average molecular weight is 228 g/mol. The third kappa shape index (κ3) is 2.61. The zero-order chi connectivity index (χ0) is 12.5. The number of nitrogens with zero attached hydrogens (tertiary/aromatic N) is 1. The molecule has 1 aromatic heterocycles. The molecule has 0 spiro atoms. The lowest BCUT2D eigenvalue weighted by Crippen LogP contribution is -2.41. The van der Waals surface area contributed by atoms with E-state index in [1.807, 2.05) is 51.1 Å². The second-order valence-electron chi connectivity index (χ2n) is 5.08. The summed E-state index contributed by atoms with van der Waals surface area (Å²) in [7, 11) is 0. The average Bonchev–Trinajstić information content (AvgIpc) is 2.26. The zero-order valence-corrected chi connectivity index (χ0v) is 10.3. The summed E-state index contributed by atoms with van der Waals surface area (Å²) in [4.78, 5) is 16.3. The normalized spacial score (nSPS) is 11.5. The quantitative estimate of drug-likeness (QED) is 0.815. The van der Waals surface area contributed by atoms with Crippen LogP contribution >= 0.6 is 0 Å². The van der Waals surface area contributed by atoms with Crippen LogP contribution in [0.15, 0.2) is 36.5 Å². The van der Waals surface area contributed by atoms with E-state index >= 15 is 0 Å². The first-order chi connectivity index (χ1) is 7.97. The summed E-state index contributed by atoms with van der Waals surface area (Å²) in [5.41, 5.74) is 0.230. The fraction of sp³-hybridized carbons (Fsp3) is 0.286. The van der Waals surface area contributed by atoms with Gasteiger partial charge in [-0.05, 0) is 32.2 Å². The van der Waals surface area contributed by atoms with Gasteiger partial charge in [-0.3, -0.25) is 9.78 Å². The van der Waals surface area contributed by atoms with Crippen LogP contribution in [0.25, 0.3) is 10.8 Å². The molecule has 3 heteroatoms. The molecular formula is C14H16N2O. The van der Waals surface area contributed by atoms with Gasteiger partial charge in [0.2, 0.25) is 0 Å². The van der Waals surface area contributed by atoms with Gasteiger partial charge in [-0.25, -0.2) is 0 Å². The number of hydrogen-bond donors (Lipinski definition) is 1. The lowest BCUT2D eigenvalue weighted by atomic mass is 10.1. The van der Waals surface area contributed by atoms with Crippen molar-refractivity contribution in [2.45, 2.75) is 26.3 Å². The molecule has 0 aliphatic heterocycles. The van der Waals surface area contributed by atoms with Gasteiger partial charge >= 0.3 is 0 Å². The van der Waals surface area contributed by atoms with Gasteiger partial charge in [0.25, 0.3) is 5.91 Å². The Morgan fingerprint density at radius 1 is 1.18 bits per heavy atom. The molecule has 0 saturated carbocycles. The van der Waals surface area contributed by atoms with E-state index in [4.69, 9.17) is 0 Å². The third-order valence-electron chi connectivity index (χ3n) is 2.38. The molecular weight excluding hydrogens is 212 g/mol. The van der Waals surface area contributed by atoms with Crippen molar-refractivity contribution in [2.24, 2.45) is 0 Å². The first-order valence-corrected chi connectivity index (χ1v) is 5.64. The van der Waals surface area contributed by atoms with Crippen molar-refractivity contribution in [3.05, 3.63) is 42.2 Å². The molecule has 1 amide bonds.